The summed E-state index contributed by atoms with van der Waals surface area (Å²) in [5.41, 5.74) is 3.05. The number of esters is 1. The van der Waals surface area contributed by atoms with E-state index in [4.69, 9.17) is 4.74 Å². The minimum Gasteiger partial charge on any atom is -0.507 e. The van der Waals surface area contributed by atoms with Crippen LogP contribution in [0.15, 0.2) is 66.7 Å². The molecule has 0 aliphatic rings. The van der Waals surface area contributed by atoms with E-state index in [9.17, 15) is 19.1 Å². The minimum atomic E-state index is -0.606. The van der Waals surface area contributed by atoms with Crippen molar-refractivity contribution in [3.8, 4) is 16.9 Å². The molecule has 0 bridgehead atoms. The molecule has 0 aliphatic heterocycles. The van der Waals surface area contributed by atoms with Crippen LogP contribution in [0.25, 0.3) is 17.2 Å². The van der Waals surface area contributed by atoms with Gasteiger partial charge in [0.1, 0.15) is 11.6 Å². The van der Waals surface area contributed by atoms with Crippen LogP contribution in [0.3, 0.4) is 0 Å². The van der Waals surface area contributed by atoms with Crippen LogP contribution in [0.4, 0.5) is 10.1 Å². The zero-order chi connectivity index (χ0) is 24.1. The molecule has 0 saturated heterocycles. The number of rotatable bonds is 7. The first-order valence-corrected chi connectivity index (χ1v) is 10.4. The Morgan fingerprint density at radius 1 is 1.06 bits per heavy atom. The number of carbonyl (C=O) groups is 2. The zero-order valence-corrected chi connectivity index (χ0v) is 19.0. The van der Waals surface area contributed by atoms with Crippen LogP contribution >= 0.6 is 0 Å². The van der Waals surface area contributed by atoms with Crippen LogP contribution < -0.4 is 4.90 Å². The fourth-order valence-electron chi connectivity index (χ4n) is 3.54. The quantitative estimate of drug-likeness (QED) is 0.297. The summed E-state index contributed by atoms with van der Waals surface area (Å²) in [6.45, 7) is 1.64. The predicted octanol–water partition coefficient (Wildman–Crippen LogP) is 5.44. The average molecular weight is 448 g/mol. The Kier molecular flexibility index (Phi) is 7.28. The lowest BCUT2D eigenvalue weighted by atomic mass is 9.95. The number of hydrogen-bond acceptors (Lipinski definition) is 5. The van der Waals surface area contributed by atoms with Crippen LogP contribution in [0.1, 0.15) is 34.3 Å². The topological polar surface area (TPSA) is 66.8 Å². The molecule has 0 aliphatic carbocycles. The summed E-state index contributed by atoms with van der Waals surface area (Å²) in [5.74, 6) is -2.19. The SMILES string of the molecule is COC(=O)C(C)c1ccc(-c2ccc(O)c(C(=O)/C=C/c3ccccc3N(C)C)c2)c(F)c1. The molecule has 33 heavy (non-hydrogen) atoms. The Labute approximate surface area is 192 Å². The number of anilines is 1. The van der Waals surface area contributed by atoms with Gasteiger partial charge in [-0.25, -0.2) is 4.39 Å². The standard InChI is InChI=1S/C27H26FNO4/c1-17(27(32)33-4)19-9-12-21(23(28)16-19)20-11-14-26(31)22(15-20)25(30)13-10-18-7-5-6-8-24(18)29(2)3/h5-17,31H,1-4H3/b13-10+. The van der Waals surface area contributed by atoms with Gasteiger partial charge in [0.25, 0.3) is 0 Å². The van der Waals surface area contributed by atoms with Gasteiger partial charge in [-0.05, 0) is 60.0 Å². The number of para-hydroxylation sites is 1. The molecule has 0 spiro atoms. The number of aromatic hydroxyl groups is 1. The second kappa shape index (κ2) is 10.1. The van der Waals surface area contributed by atoms with Gasteiger partial charge in [-0.2, -0.15) is 0 Å². The van der Waals surface area contributed by atoms with Crippen molar-refractivity contribution >= 4 is 23.5 Å². The molecule has 5 nitrogen and oxygen atoms in total. The van der Waals surface area contributed by atoms with Crippen molar-refractivity contribution in [2.75, 3.05) is 26.1 Å². The summed E-state index contributed by atoms with van der Waals surface area (Å²) >= 11 is 0. The molecule has 1 atom stereocenters. The number of phenolic OH excluding ortho intramolecular Hbond substituents is 1. The van der Waals surface area contributed by atoms with Crippen molar-refractivity contribution in [1.82, 2.24) is 0 Å². The zero-order valence-electron chi connectivity index (χ0n) is 19.0. The number of ketones is 1. The Bertz CT molecular complexity index is 1220. The van der Waals surface area contributed by atoms with Crippen LogP contribution in [0, 0.1) is 5.82 Å². The molecule has 0 radical (unpaired) electrons. The van der Waals surface area contributed by atoms with Crippen molar-refractivity contribution < 1.29 is 23.8 Å². The van der Waals surface area contributed by atoms with E-state index < -0.39 is 23.5 Å². The molecular formula is C27H26FNO4. The highest BCUT2D eigenvalue weighted by atomic mass is 19.1. The number of nitrogens with zero attached hydrogens (tertiary/aromatic N) is 1. The highest BCUT2D eigenvalue weighted by Gasteiger charge is 2.18. The first-order valence-electron chi connectivity index (χ1n) is 10.4. The Hall–Kier alpha value is -3.93. The van der Waals surface area contributed by atoms with E-state index >= 15 is 0 Å². The van der Waals surface area contributed by atoms with Crippen LogP contribution in [-0.2, 0) is 9.53 Å². The molecular weight excluding hydrogens is 421 g/mol. The first kappa shape index (κ1) is 23.7. The second-order valence-corrected chi connectivity index (χ2v) is 7.87. The van der Waals surface area contributed by atoms with E-state index in [0.717, 1.165) is 11.3 Å². The van der Waals surface area contributed by atoms with Crippen molar-refractivity contribution in [2.45, 2.75) is 12.8 Å². The maximum absolute atomic E-state index is 14.9. The molecule has 3 rings (SSSR count). The number of allylic oxidation sites excluding steroid dienone is 1. The Morgan fingerprint density at radius 2 is 1.79 bits per heavy atom. The average Bonchev–Trinajstić information content (AvgIpc) is 2.82. The third-order valence-corrected chi connectivity index (χ3v) is 5.45. The normalized spacial score (nSPS) is 11.9. The summed E-state index contributed by atoms with van der Waals surface area (Å²) in [5, 5.41) is 10.3. The summed E-state index contributed by atoms with van der Waals surface area (Å²) in [6.07, 6.45) is 3.08. The number of methoxy groups -OCH3 is 1. The molecule has 1 unspecified atom stereocenters. The third kappa shape index (κ3) is 5.29. The number of halogens is 1. The van der Waals surface area contributed by atoms with Crippen LogP contribution in [-0.4, -0.2) is 38.1 Å². The second-order valence-electron chi connectivity index (χ2n) is 7.87. The van der Waals surface area contributed by atoms with E-state index in [1.165, 1.54) is 31.4 Å². The van der Waals surface area contributed by atoms with Gasteiger partial charge < -0.3 is 14.7 Å². The molecule has 0 saturated carbocycles. The fraction of sp³-hybridized carbons (Fsp3) is 0.185. The van der Waals surface area contributed by atoms with Crippen molar-refractivity contribution in [3.05, 3.63) is 89.2 Å². The summed E-state index contributed by atoms with van der Waals surface area (Å²) < 4.78 is 19.6. The van der Waals surface area contributed by atoms with Crippen molar-refractivity contribution in [3.63, 3.8) is 0 Å². The van der Waals surface area contributed by atoms with E-state index in [1.807, 2.05) is 43.3 Å². The number of carbonyl (C=O) groups excluding carboxylic acids is 2. The van der Waals surface area contributed by atoms with Crippen molar-refractivity contribution in [2.24, 2.45) is 0 Å². The van der Waals surface area contributed by atoms with E-state index in [1.54, 1.807) is 31.2 Å². The van der Waals surface area contributed by atoms with Gasteiger partial charge in [0, 0.05) is 25.3 Å². The molecule has 1 N–H and O–H groups in total. The predicted molar refractivity (Wildman–Crippen MR) is 128 cm³/mol. The first-order chi connectivity index (χ1) is 15.7. The van der Waals surface area contributed by atoms with Crippen molar-refractivity contribution in [1.29, 1.82) is 0 Å². The Morgan fingerprint density at radius 3 is 2.45 bits per heavy atom. The monoisotopic (exact) mass is 447 g/mol. The lowest BCUT2D eigenvalue weighted by Gasteiger charge is -2.15. The molecule has 0 aromatic heterocycles. The van der Waals surface area contributed by atoms with Gasteiger partial charge in [0.05, 0.1) is 18.6 Å². The summed E-state index contributed by atoms with van der Waals surface area (Å²) in [7, 11) is 5.11. The lowest BCUT2D eigenvalue weighted by molar-refractivity contribution is -0.142. The van der Waals surface area contributed by atoms with Gasteiger partial charge in [-0.1, -0.05) is 36.4 Å². The highest BCUT2D eigenvalue weighted by molar-refractivity contribution is 6.09. The van der Waals surface area contributed by atoms with Crippen LogP contribution in [0.5, 0.6) is 5.75 Å². The van der Waals surface area contributed by atoms with E-state index in [0.29, 0.717) is 11.1 Å². The number of phenols is 1. The molecule has 6 heteroatoms. The summed E-state index contributed by atoms with van der Waals surface area (Å²) in [4.78, 5) is 26.5. The molecule has 0 heterocycles. The van der Waals surface area contributed by atoms with E-state index in [2.05, 4.69) is 0 Å². The smallest absolute Gasteiger partial charge is 0.312 e. The van der Waals surface area contributed by atoms with E-state index in [-0.39, 0.29) is 16.9 Å². The van der Waals surface area contributed by atoms with Gasteiger partial charge in [0.2, 0.25) is 0 Å². The third-order valence-electron chi connectivity index (χ3n) is 5.45. The summed E-state index contributed by atoms with van der Waals surface area (Å²) in [6, 6.07) is 16.5. The number of benzene rings is 3. The molecule has 3 aromatic carbocycles. The molecule has 170 valence electrons. The molecule has 0 amide bonds. The largest absolute Gasteiger partial charge is 0.507 e. The van der Waals surface area contributed by atoms with Gasteiger partial charge in [-0.3, -0.25) is 9.59 Å². The maximum Gasteiger partial charge on any atom is 0.312 e. The number of hydrogen-bond donors (Lipinski definition) is 1. The highest BCUT2D eigenvalue weighted by Crippen LogP contribution is 2.31. The molecule has 3 aromatic rings. The van der Waals surface area contributed by atoms with Gasteiger partial charge in [0.15, 0.2) is 5.78 Å². The Balaban J connectivity index is 1.91. The molecule has 0 fully saturated rings. The maximum atomic E-state index is 14.9. The van der Waals surface area contributed by atoms with Gasteiger partial charge in [-0.15, -0.1) is 0 Å². The van der Waals surface area contributed by atoms with Gasteiger partial charge >= 0.3 is 5.97 Å². The number of ether oxygens (including phenoxy) is 1. The van der Waals surface area contributed by atoms with Crippen LogP contribution in [0.2, 0.25) is 0 Å². The fourth-order valence-corrected chi connectivity index (χ4v) is 3.54. The minimum absolute atomic E-state index is 0.0671. The lowest BCUT2D eigenvalue weighted by Crippen LogP contribution is -2.11.